The quantitative estimate of drug-likeness (QED) is 0.784. The van der Waals surface area contributed by atoms with Crippen molar-refractivity contribution in [2.75, 3.05) is 25.6 Å². The van der Waals surface area contributed by atoms with Gasteiger partial charge in [0.05, 0.1) is 12.9 Å². The lowest BCUT2D eigenvalue weighted by atomic mass is 10.3. The van der Waals surface area contributed by atoms with Crippen LogP contribution in [0.5, 0.6) is 0 Å². The number of aromatic nitrogens is 4. The Morgan fingerprint density at radius 3 is 2.88 bits per heavy atom. The van der Waals surface area contributed by atoms with E-state index >= 15 is 0 Å². The van der Waals surface area contributed by atoms with E-state index < -0.39 is 5.97 Å². The summed E-state index contributed by atoms with van der Waals surface area (Å²) < 4.78 is 4.94. The summed E-state index contributed by atoms with van der Waals surface area (Å²) in [5.74, 6) is -0.0556. The number of nitrogens with zero attached hydrogens (tertiary/aromatic N) is 4. The molecule has 0 bridgehead atoms. The van der Waals surface area contributed by atoms with Crippen LogP contribution in [0.1, 0.15) is 17.4 Å². The van der Waals surface area contributed by atoms with Gasteiger partial charge in [-0.15, -0.1) is 0 Å². The van der Waals surface area contributed by atoms with Gasteiger partial charge in [0.1, 0.15) is 5.52 Å². The van der Waals surface area contributed by atoms with Crippen molar-refractivity contribution in [2.24, 2.45) is 0 Å². The molecule has 0 aliphatic rings. The van der Waals surface area contributed by atoms with Crippen LogP contribution in [0.4, 0.5) is 5.95 Å². The summed E-state index contributed by atoms with van der Waals surface area (Å²) in [5, 5.41) is 0. The molecule has 0 amide bonds. The number of carbonyl (C=O) groups is 1. The Bertz CT molecular complexity index is 549. The predicted molar refractivity (Wildman–Crippen MR) is 62.0 cm³/mol. The molecule has 17 heavy (non-hydrogen) atoms. The summed E-state index contributed by atoms with van der Waals surface area (Å²) in [6.07, 6.45) is 1.47. The van der Waals surface area contributed by atoms with Gasteiger partial charge in [-0.2, -0.15) is 4.98 Å². The van der Waals surface area contributed by atoms with E-state index in [1.807, 2.05) is 0 Å². The van der Waals surface area contributed by atoms with Crippen LogP contribution in [0.15, 0.2) is 6.33 Å². The van der Waals surface area contributed by atoms with Gasteiger partial charge in [-0.05, 0) is 6.92 Å². The van der Waals surface area contributed by atoms with Crippen molar-refractivity contribution in [1.82, 2.24) is 19.9 Å². The van der Waals surface area contributed by atoms with E-state index in [1.54, 1.807) is 25.9 Å². The van der Waals surface area contributed by atoms with E-state index in [9.17, 15) is 4.79 Å². The molecule has 7 nitrogen and oxygen atoms in total. The molecule has 0 fully saturated rings. The first-order chi connectivity index (χ1) is 8.13. The maximum absolute atomic E-state index is 11.8. The average Bonchev–Trinajstić information content (AvgIpc) is 2.75. The average molecular weight is 235 g/mol. The van der Waals surface area contributed by atoms with Gasteiger partial charge in [-0.3, -0.25) is 0 Å². The highest BCUT2D eigenvalue weighted by atomic mass is 16.5. The minimum Gasteiger partial charge on any atom is -0.461 e. The minimum absolute atomic E-state index is 0.207. The highest BCUT2D eigenvalue weighted by Gasteiger charge is 2.18. The summed E-state index contributed by atoms with van der Waals surface area (Å²) >= 11 is 0. The van der Waals surface area contributed by atoms with E-state index in [0.717, 1.165) is 0 Å². The van der Waals surface area contributed by atoms with Crippen LogP contribution >= 0.6 is 0 Å². The Kier molecular flexibility index (Phi) is 2.90. The monoisotopic (exact) mass is 235 g/mol. The van der Waals surface area contributed by atoms with Crippen molar-refractivity contribution in [3.8, 4) is 0 Å². The van der Waals surface area contributed by atoms with Crippen LogP contribution in [0.2, 0.25) is 0 Å². The maximum atomic E-state index is 11.8. The molecule has 0 aliphatic carbocycles. The normalized spacial score (nSPS) is 10.5. The van der Waals surface area contributed by atoms with Crippen LogP contribution in [0.25, 0.3) is 11.2 Å². The van der Waals surface area contributed by atoms with Gasteiger partial charge in [0.2, 0.25) is 5.95 Å². The van der Waals surface area contributed by atoms with Gasteiger partial charge >= 0.3 is 5.97 Å². The van der Waals surface area contributed by atoms with Crippen molar-refractivity contribution >= 4 is 23.1 Å². The molecule has 0 atom stereocenters. The molecule has 0 saturated heterocycles. The first-order valence-corrected chi connectivity index (χ1v) is 5.19. The number of carbonyl (C=O) groups excluding carboxylic acids is 1. The standard InChI is InChI=1S/C10H13N5O2/c1-4-17-9(16)7-6-8(12-5-11-6)14-10(13-7)15(2)3/h5H,4H2,1-3H3,(H,11,12,13,14). The van der Waals surface area contributed by atoms with E-state index in [-0.39, 0.29) is 5.69 Å². The minimum atomic E-state index is -0.479. The van der Waals surface area contributed by atoms with E-state index in [2.05, 4.69) is 19.9 Å². The number of fused-ring (bicyclic) bond motifs is 1. The third-order valence-electron chi connectivity index (χ3n) is 2.14. The van der Waals surface area contributed by atoms with Crippen LogP contribution in [-0.2, 0) is 4.74 Å². The molecule has 2 aromatic rings. The first kappa shape index (κ1) is 11.3. The zero-order chi connectivity index (χ0) is 12.4. The number of aromatic amines is 1. The number of nitrogens with one attached hydrogen (secondary N) is 1. The predicted octanol–water partition coefficient (Wildman–Crippen LogP) is 0.596. The zero-order valence-corrected chi connectivity index (χ0v) is 9.89. The number of anilines is 1. The van der Waals surface area contributed by atoms with Crippen molar-refractivity contribution in [3.63, 3.8) is 0 Å². The molecule has 2 aromatic heterocycles. The molecule has 0 spiro atoms. The Labute approximate surface area is 97.8 Å². The molecular weight excluding hydrogens is 222 g/mol. The van der Waals surface area contributed by atoms with Crippen molar-refractivity contribution in [3.05, 3.63) is 12.0 Å². The highest BCUT2D eigenvalue weighted by Crippen LogP contribution is 2.16. The molecule has 0 aromatic carbocycles. The molecule has 1 N–H and O–H groups in total. The molecule has 0 aliphatic heterocycles. The molecule has 2 heterocycles. The van der Waals surface area contributed by atoms with Gasteiger partial charge < -0.3 is 14.6 Å². The number of esters is 1. The van der Waals surface area contributed by atoms with Gasteiger partial charge in [-0.25, -0.2) is 14.8 Å². The second kappa shape index (κ2) is 4.36. The fraction of sp³-hybridized carbons (Fsp3) is 0.400. The summed E-state index contributed by atoms with van der Waals surface area (Å²) in [5.41, 5.74) is 1.15. The summed E-state index contributed by atoms with van der Waals surface area (Å²) in [4.78, 5) is 28.7. The summed E-state index contributed by atoms with van der Waals surface area (Å²) in [6.45, 7) is 2.05. The molecular formula is C10H13N5O2. The lowest BCUT2D eigenvalue weighted by molar-refractivity contribution is 0.0522. The third kappa shape index (κ3) is 2.03. The van der Waals surface area contributed by atoms with Crippen molar-refractivity contribution in [1.29, 1.82) is 0 Å². The highest BCUT2D eigenvalue weighted by molar-refractivity contribution is 5.99. The number of hydrogen-bond donors (Lipinski definition) is 1. The SMILES string of the molecule is CCOC(=O)c1nc(N(C)C)nc2nc[nH]c12. The van der Waals surface area contributed by atoms with Crippen LogP contribution < -0.4 is 4.90 Å². The van der Waals surface area contributed by atoms with Gasteiger partial charge in [0.15, 0.2) is 11.3 Å². The Hall–Kier alpha value is -2.18. The number of hydrogen-bond acceptors (Lipinski definition) is 6. The topological polar surface area (TPSA) is 84.0 Å². The van der Waals surface area contributed by atoms with Crippen LogP contribution in [-0.4, -0.2) is 46.6 Å². The number of rotatable bonds is 3. The van der Waals surface area contributed by atoms with Crippen LogP contribution in [0.3, 0.4) is 0 Å². The molecule has 0 radical (unpaired) electrons. The number of imidazole rings is 1. The van der Waals surface area contributed by atoms with Crippen LogP contribution in [0, 0.1) is 0 Å². The lowest BCUT2D eigenvalue weighted by Gasteiger charge is -2.10. The van der Waals surface area contributed by atoms with Gasteiger partial charge in [0, 0.05) is 14.1 Å². The molecule has 90 valence electrons. The van der Waals surface area contributed by atoms with E-state index in [1.165, 1.54) is 6.33 Å². The smallest absolute Gasteiger partial charge is 0.359 e. The molecule has 2 rings (SSSR count). The van der Waals surface area contributed by atoms with Gasteiger partial charge in [0.25, 0.3) is 0 Å². The third-order valence-corrected chi connectivity index (χ3v) is 2.14. The molecule has 0 saturated carbocycles. The summed E-state index contributed by atoms with van der Waals surface area (Å²) in [7, 11) is 3.59. The van der Waals surface area contributed by atoms with Gasteiger partial charge in [-0.1, -0.05) is 0 Å². The molecule has 7 heteroatoms. The fourth-order valence-electron chi connectivity index (χ4n) is 1.37. The second-order valence-corrected chi connectivity index (χ2v) is 3.59. The lowest BCUT2D eigenvalue weighted by Crippen LogP contribution is -2.16. The van der Waals surface area contributed by atoms with E-state index in [0.29, 0.717) is 23.7 Å². The van der Waals surface area contributed by atoms with Crippen molar-refractivity contribution in [2.45, 2.75) is 6.92 Å². The fourth-order valence-corrected chi connectivity index (χ4v) is 1.37. The Morgan fingerprint density at radius 2 is 2.24 bits per heavy atom. The summed E-state index contributed by atoms with van der Waals surface area (Å²) in [6, 6.07) is 0. The second-order valence-electron chi connectivity index (χ2n) is 3.59. The molecule has 0 unspecified atom stereocenters. The maximum Gasteiger partial charge on any atom is 0.359 e. The largest absolute Gasteiger partial charge is 0.461 e. The zero-order valence-electron chi connectivity index (χ0n) is 9.89. The Morgan fingerprint density at radius 1 is 1.47 bits per heavy atom. The number of H-pyrrole nitrogens is 1. The first-order valence-electron chi connectivity index (χ1n) is 5.19. The Balaban J connectivity index is 2.58. The number of ether oxygens (including phenoxy) is 1. The van der Waals surface area contributed by atoms with E-state index in [4.69, 9.17) is 4.74 Å². The van der Waals surface area contributed by atoms with Crippen molar-refractivity contribution < 1.29 is 9.53 Å².